The van der Waals surface area contributed by atoms with Gasteiger partial charge >= 0.3 is 0 Å². The molecule has 84 valence electrons. The van der Waals surface area contributed by atoms with E-state index >= 15 is 0 Å². The van der Waals surface area contributed by atoms with Crippen LogP contribution in [-0.2, 0) is 9.47 Å². The van der Waals surface area contributed by atoms with Crippen LogP contribution >= 0.6 is 0 Å². The van der Waals surface area contributed by atoms with Crippen molar-refractivity contribution >= 4 is 0 Å². The fraction of sp³-hybridized carbons (Fsp3) is 1.00. The maximum Gasteiger partial charge on any atom is 0.0830 e. The molecule has 1 heterocycles. The minimum Gasteiger partial charge on any atom is -0.376 e. The van der Waals surface area contributed by atoms with E-state index in [1.807, 2.05) is 13.8 Å². The van der Waals surface area contributed by atoms with Crippen LogP contribution in [0.25, 0.3) is 0 Å². The van der Waals surface area contributed by atoms with Crippen molar-refractivity contribution in [3.8, 4) is 0 Å². The molecule has 0 saturated carbocycles. The molecule has 14 heavy (non-hydrogen) atoms. The molecule has 0 aromatic rings. The third-order valence-electron chi connectivity index (χ3n) is 2.49. The molecular formula is C11H23NO2. The first-order valence-corrected chi connectivity index (χ1v) is 5.57. The third kappa shape index (κ3) is 3.95. The molecule has 0 radical (unpaired) electrons. The lowest BCUT2D eigenvalue weighted by Crippen LogP contribution is -2.55. The zero-order chi connectivity index (χ0) is 10.6. The number of hydrogen-bond acceptors (Lipinski definition) is 3. The fourth-order valence-corrected chi connectivity index (χ4v) is 1.50. The van der Waals surface area contributed by atoms with E-state index in [4.69, 9.17) is 9.47 Å². The molecule has 1 fully saturated rings. The van der Waals surface area contributed by atoms with Crippen molar-refractivity contribution < 1.29 is 9.47 Å². The normalized spacial score (nSPS) is 19.3. The molecule has 0 atom stereocenters. The molecular weight excluding hydrogens is 178 g/mol. The summed E-state index contributed by atoms with van der Waals surface area (Å²) in [6.07, 6.45) is 0.750. The summed E-state index contributed by atoms with van der Waals surface area (Å²) in [5.74, 6) is 0. The average Bonchev–Trinajstić information content (AvgIpc) is 1.98. The van der Waals surface area contributed by atoms with Gasteiger partial charge in [-0.15, -0.1) is 0 Å². The number of ether oxygens (including phenoxy) is 2. The molecule has 1 aliphatic rings. The largest absolute Gasteiger partial charge is 0.376 e. The lowest BCUT2D eigenvalue weighted by atomic mass is 10.1. The molecule has 0 aromatic carbocycles. The van der Waals surface area contributed by atoms with Crippen LogP contribution in [-0.4, -0.2) is 49.5 Å². The van der Waals surface area contributed by atoms with Crippen LogP contribution < -0.4 is 0 Å². The fourth-order valence-electron chi connectivity index (χ4n) is 1.50. The number of rotatable bonds is 6. The Bertz CT molecular complexity index is 153. The summed E-state index contributed by atoms with van der Waals surface area (Å²) in [6.45, 7) is 12.1. The van der Waals surface area contributed by atoms with Gasteiger partial charge < -0.3 is 9.47 Å². The van der Waals surface area contributed by atoms with Crippen molar-refractivity contribution in [3.63, 3.8) is 0 Å². The van der Waals surface area contributed by atoms with Crippen LogP contribution in [0, 0.1) is 0 Å². The van der Waals surface area contributed by atoms with E-state index in [0.29, 0.717) is 18.2 Å². The average molecular weight is 201 g/mol. The van der Waals surface area contributed by atoms with Crippen molar-refractivity contribution in [2.75, 3.05) is 26.3 Å². The molecule has 0 unspecified atom stereocenters. The van der Waals surface area contributed by atoms with Crippen molar-refractivity contribution in [1.29, 1.82) is 0 Å². The molecule has 0 aliphatic carbocycles. The van der Waals surface area contributed by atoms with E-state index in [2.05, 4.69) is 18.7 Å². The predicted molar refractivity (Wildman–Crippen MR) is 57.5 cm³/mol. The van der Waals surface area contributed by atoms with Crippen molar-refractivity contribution in [2.45, 2.75) is 45.9 Å². The third-order valence-corrected chi connectivity index (χ3v) is 2.49. The molecule has 0 amide bonds. The van der Waals surface area contributed by atoms with Gasteiger partial charge in [0.1, 0.15) is 0 Å². The zero-order valence-corrected chi connectivity index (χ0v) is 9.82. The lowest BCUT2D eigenvalue weighted by molar-refractivity contribution is -0.0850. The minimum atomic E-state index is 0.312. The van der Waals surface area contributed by atoms with Crippen LogP contribution in [0.2, 0.25) is 0 Å². The van der Waals surface area contributed by atoms with Gasteiger partial charge in [-0.1, -0.05) is 0 Å². The first kappa shape index (κ1) is 12.0. The molecule has 0 aromatic heterocycles. The van der Waals surface area contributed by atoms with Crippen molar-refractivity contribution in [2.24, 2.45) is 0 Å². The summed E-state index contributed by atoms with van der Waals surface area (Å²) in [5, 5.41) is 0. The topological polar surface area (TPSA) is 21.7 Å². The van der Waals surface area contributed by atoms with E-state index in [9.17, 15) is 0 Å². The van der Waals surface area contributed by atoms with Gasteiger partial charge in [0.25, 0.3) is 0 Å². The first-order chi connectivity index (χ1) is 6.59. The van der Waals surface area contributed by atoms with Crippen molar-refractivity contribution in [1.82, 2.24) is 4.90 Å². The maximum absolute atomic E-state index is 5.64. The Kier molecular flexibility index (Phi) is 4.85. The van der Waals surface area contributed by atoms with E-state index < -0.39 is 0 Å². The summed E-state index contributed by atoms with van der Waals surface area (Å²) >= 11 is 0. The molecule has 0 spiro atoms. The summed E-state index contributed by atoms with van der Waals surface area (Å²) in [7, 11) is 0. The molecule has 3 nitrogen and oxygen atoms in total. The predicted octanol–water partition coefficient (Wildman–Crippen LogP) is 1.52. The van der Waals surface area contributed by atoms with E-state index in [0.717, 1.165) is 26.3 Å². The summed E-state index contributed by atoms with van der Waals surface area (Å²) in [5.41, 5.74) is 0. The molecule has 3 heteroatoms. The summed E-state index contributed by atoms with van der Waals surface area (Å²) in [4.78, 5) is 2.41. The van der Waals surface area contributed by atoms with Gasteiger partial charge in [-0.05, 0) is 27.7 Å². The highest BCUT2D eigenvalue weighted by atomic mass is 16.5. The van der Waals surface area contributed by atoms with Gasteiger partial charge in [-0.3, -0.25) is 4.90 Å². The molecule has 1 aliphatic heterocycles. The Morgan fingerprint density at radius 3 is 2.29 bits per heavy atom. The van der Waals surface area contributed by atoms with Gasteiger partial charge in [0.05, 0.1) is 25.4 Å². The van der Waals surface area contributed by atoms with Gasteiger partial charge in [-0.2, -0.15) is 0 Å². The van der Waals surface area contributed by atoms with Gasteiger partial charge in [0.2, 0.25) is 0 Å². The number of nitrogens with zero attached hydrogens (tertiary/aromatic N) is 1. The molecule has 0 N–H and O–H groups in total. The summed E-state index contributed by atoms with van der Waals surface area (Å²) in [6, 6.07) is 0.654. The SMILES string of the molecule is CC(C)OCCOC1CN(C(C)C)C1. The maximum atomic E-state index is 5.64. The smallest absolute Gasteiger partial charge is 0.0830 e. The lowest BCUT2D eigenvalue weighted by Gasteiger charge is -2.41. The molecule has 1 saturated heterocycles. The Balaban J connectivity index is 1.91. The molecule has 0 bridgehead atoms. The Labute approximate surface area is 87.4 Å². The van der Waals surface area contributed by atoms with Crippen LogP contribution in [0.3, 0.4) is 0 Å². The Morgan fingerprint density at radius 2 is 1.79 bits per heavy atom. The highest BCUT2D eigenvalue weighted by Crippen LogP contribution is 2.14. The van der Waals surface area contributed by atoms with Crippen LogP contribution in [0.5, 0.6) is 0 Å². The van der Waals surface area contributed by atoms with Crippen LogP contribution in [0.15, 0.2) is 0 Å². The van der Waals surface area contributed by atoms with Crippen LogP contribution in [0.1, 0.15) is 27.7 Å². The van der Waals surface area contributed by atoms with Gasteiger partial charge in [0, 0.05) is 19.1 Å². The zero-order valence-electron chi connectivity index (χ0n) is 9.82. The monoisotopic (exact) mass is 201 g/mol. The second kappa shape index (κ2) is 5.69. The Morgan fingerprint density at radius 1 is 1.14 bits per heavy atom. The number of likely N-dealkylation sites (tertiary alicyclic amines) is 1. The Hall–Kier alpha value is -0.120. The minimum absolute atomic E-state index is 0.312. The van der Waals surface area contributed by atoms with Gasteiger partial charge in [0.15, 0.2) is 0 Å². The summed E-state index contributed by atoms with van der Waals surface area (Å²) < 4.78 is 11.0. The second-order valence-electron chi connectivity index (χ2n) is 4.46. The van der Waals surface area contributed by atoms with E-state index in [1.165, 1.54) is 0 Å². The number of hydrogen-bond donors (Lipinski definition) is 0. The molecule has 1 rings (SSSR count). The highest BCUT2D eigenvalue weighted by Gasteiger charge is 2.28. The van der Waals surface area contributed by atoms with Gasteiger partial charge in [-0.25, -0.2) is 0 Å². The van der Waals surface area contributed by atoms with Crippen LogP contribution in [0.4, 0.5) is 0 Å². The first-order valence-electron chi connectivity index (χ1n) is 5.57. The standard InChI is InChI=1S/C11H23NO2/c1-9(2)12-7-11(8-12)14-6-5-13-10(3)4/h9-11H,5-8H2,1-4H3. The van der Waals surface area contributed by atoms with E-state index in [-0.39, 0.29) is 0 Å². The second-order valence-corrected chi connectivity index (χ2v) is 4.46. The highest BCUT2D eigenvalue weighted by molar-refractivity contribution is 4.82. The van der Waals surface area contributed by atoms with Crippen molar-refractivity contribution in [3.05, 3.63) is 0 Å². The quantitative estimate of drug-likeness (QED) is 0.608. The van der Waals surface area contributed by atoms with E-state index in [1.54, 1.807) is 0 Å².